The van der Waals surface area contributed by atoms with Crippen molar-refractivity contribution in [2.24, 2.45) is 5.73 Å². The van der Waals surface area contributed by atoms with Gasteiger partial charge < -0.3 is 5.73 Å². The van der Waals surface area contributed by atoms with Crippen molar-refractivity contribution in [2.75, 3.05) is 0 Å². The predicted octanol–water partition coefficient (Wildman–Crippen LogP) is 4.16. The molecule has 1 atom stereocenters. The summed E-state index contributed by atoms with van der Waals surface area (Å²) in [7, 11) is 0. The summed E-state index contributed by atoms with van der Waals surface area (Å²) in [4.78, 5) is 0. The summed E-state index contributed by atoms with van der Waals surface area (Å²) in [5.74, 6) is 0. The van der Waals surface area contributed by atoms with E-state index in [9.17, 15) is 0 Å². The van der Waals surface area contributed by atoms with Gasteiger partial charge >= 0.3 is 0 Å². The van der Waals surface area contributed by atoms with Gasteiger partial charge in [0.1, 0.15) is 0 Å². The Labute approximate surface area is 116 Å². The van der Waals surface area contributed by atoms with Crippen LogP contribution in [0.4, 0.5) is 0 Å². The molecule has 0 bridgehead atoms. The van der Waals surface area contributed by atoms with E-state index < -0.39 is 0 Å². The van der Waals surface area contributed by atoms with Gasteiger partial charge in [-0.2, -0.15) is 0 Å². The van der Waals surface area contributed by atoms with Crippen LogP contribution in [0.25, 0.3) is 0 Å². The maximum absolute atomic E-state index is 6.37. The molecular weight excluding hydrogens is 230 g/mol. The lowest BCUT2D eigenvalue weighted by Gasteiger charge is -2.17. The molecule has 100 valence electrons. The maximum Gasteiger partial charge on any atom is 0.0336 e. The lowest BCUT2D eigenvalue weighted by Crippen LogP contribution is -2.15. The fourth-order valence-corrected chi connectivity index (χ4v) is 2.77. The molecule has 0 amide bonds. The first kappa shape index (κ1) is 13.8. The molecule has 0 radical (unpaired) electrons. The number of aryl methyl sites for hydroxylation is 4. The number of rotatable bonds is 3. The monoisotopic (exact) mass is 253 g/mol. The summed E-state index contributed by atoms with van der Waals surface area (Å²) in [6.07, 6.45) is 0.904. The molecule has 0 aromatic heterocycles. The third-order valence-corrected chi connectivity index (χ3v) is 3.73. The second-order valence-electron chi connectivity index (χ2n) is 5.60. The van der Waals surface area contributed by atoms with Crippen LogP contribution < -0.4 is 5.73 Å². The molecule has 0 aliphatic rings. The molecule has 0 spiro atoms. The average Bonchev–Trinajstić information content (AvgIpc) is 2.33. The lowest BCUT2D eigenvalue weighted by atomic mass is 9.92. The van der Waals surface area contributed by atoms with E-state index in [0.29, 0.717) is 0 Å². The van der Waals surface area contributed by atoms with Crippen molar-refractivity contribution < 1.29 is 0 Å². The van der Waals surface area contributed by atoms with Crippen LogP contribution in [0.15, 0.2) is 36.4 Å². The smallest absolute Gasteiger partial charge is 0.0336 e. The third kappa shape index (κ3) is 3.24. The molecule has 0 saturated heterocycles. The van der Waals surface area contributed by atoms with Crippen molar-refractivity contribution >= 4 is 0 Å². The predicted molar refractivity (Wildman–Crippen MR) is 82.5 cm³/mol. The molecule has 1 nitrogen and oxygen atoms in total. The van der Waals surface area contributed by atoms with Gasteiger partial charge in [-0.05, 0) is 56.4 Å². The Morgan fingerprint density at radius 3 is 2.11 bits per heavy atom. The molecule has 2 N–H and O–H groups in total. The van der Waals surface area contributed by atoms with Crippen LogP contribution in [0.3, 0.4) is 0 Å². The van der Waals surface area contributed by atoms with Gasteiger partial charge in [0.05, 0.1) is 0 Å². The quantitative estimate of drug-likeness (QED) is 0.873. The summed E-state index contributed by atoms with van der Waals surface area (Å²) in [5, 5.41) is 0. The third-order valence-electron chi connectivity index (χ3n) is 3.73. The van der Waals surface area contributed by atoms with Gasteiger partial charge in [0.25, 0.3) is 0 Å². The largest absolute Gasteiger partial charge is 0.324 e. The molecule has 2 aromatic rings. The number of benzene rings is 2. The summed E-state index contributed by atoms with van der Waals surface area (Å²) in [5.41, 5.74) is 14.3. The highest BCUT2D eigenvalue weighted by atomic mass is 14.6. The van der Waals surface area contributed by atoms with Crippen LogP contribution >= 0.6 is 0 Å². The van der Waals surface area contributed by atoms with E-state index >= 15 is 0 Å². The average molecular weight is 253 g/mol. The van der Waals surface area contributed by atoms with Gasteiger partial charge in [-0.15, -0.1) is 0 Å². The molecule has 2 rings (SSSR count). The number of nitrogens with two attached hydrogens (primary N) is 1. The molecule has 1 unspecified atom stereocenters. The molecule has 0 heterocycles. The van der Waals surface area contributed by atoms with Crippen LogP contribution in [0, 0.1) is 27.7 Å². The van der Waals surface area contributed by atoms with Gasteiger partial charge in [0.2, 0.25) is 0 Å². The van der Waals surface area contributed by atoms with Gasteiger partial charge in [0.15, 0.2) is 0 Å². The van der Waals surface area contributed by atoms with Crippen LogP contribution in [-0.4, -0.2) is 0 Å². The minimum atomic E-state index is 0.0695. The zero-order valence-corrected chi connectivity index (χ0v) is 12.3. The lowest BCUT2D eigenvalue weighted by molar-refractivity contribution is 0.714. The van der Waals surface area contributed by atoms with E-state index in [2.05, 4.69) is 64.1 Å². The van der Waals surface area contributed by atoms with Crippen LogP contribution in [0.1, 0.15) is 39.4 Å². The maximum atomic E-state index is 6.37. The molecule has 19 heavy (non-hydrogen) atoms. The molecule has 0 saturated carbocycles. The molecule has 0 aliphatic carbocycles. The zero-order chi connectivity index (χ0) is 14.0. The van der Waals surface area contributed by atoms with E-state index in [-0.39, 0.29) is 6.04 Å². The van der Waals surface area contributed by atoms with Crippen LogP contribution in [-0.2, 0) is 6.42 Å². The van der Waals surface area contributed by atoms with Crippen molar-refractivity contribution in [1.29, 1.82) is 0 Å². The standard InChI is InChI=1S/C18H23N/c1-12-6-5-7-16(10-12)18(19)11-17-14(3)8-13(2)9-15(17)4/h5-10,18H,11,19H2,1-4H3. The second kappa shape index (κ2) is 5.58. The molecular formula is C18H23N. The molecule has 2 aromatic carbocycles. The van der Waals surface area contributed by atoms with Gasteiger partial charge in [-0.25, -0.2) is 0 Å². The fourth-order valence-electron chi connectivity index (χ4n) is 2.77. The van der Waals surface area contributed by atoms with Crippen LogP contribution in [0.5, 0.6) is 0 Å². The van der Waals surface area contributed by atoms with Gasteiger partial charge in [-0.1, -0.05) is 47.5 Å². The Morgan fingerprint density at radius 1 is 0.895 bits per heavy atom. The van der Waals surface area contributed by atoms with Crippen molar-refractivity contribution in [1.82, 2.24) is 0 Å². The first-order chi connectivity index (χ1) is 8.97. The summed E-state index contributed by atoms with van der Waals surface area (Å²) in [6.45, 7) is 8.61. The Bertz CT molecular complexity index is 561. The van der Waals surface area contributed by atoms with Crippen molar-refractivity contribution in [3.63, 3.8) is 0 Å². The first-order valence-corrected chi connectivity index (χ1v) is 6.86. The minimum Gasteiger partial charge on any atom is -0.324 e. The fraction of sp³-hybridized carbons (Fsp3) is 0.333. The van der Waals surface area contributed by atoms with E-state index in [4.69, 9.17) is 5.73 Å². The SMILES string of the molecule is Cc1cccc(C(N)Cc2c(C)cc(C)cc2C)c1. The highest BCUT2D eigenvalue weighted by Crippen LogP contribution is 2.23. The van der Waals surface area contributed by atoms with E-state index in [1.807, 2.05) is 0 Å². The first-order valence-electron chi connectivity index (χ1n) is 6.86. The number of hydrogen-bond acceptors (Lipinski definition) is 1. The van der Waals surface area contributed by atoms with Gasteiger partial charge in [-0.3, -0.25) is 0 Å². The van der Waals surface area contributed by atoms with Crippen molar-refractivity contribution in [2.45, 2.75) is 40.2 Å². The van der Waals surface area contributed by atoms with E-state index in [1.165, 1.54) is 33.4 Å². The van der Waals surface area contributed by atoms with Crippen LogP contribution in [0.2, 0.25) is 0 Å². The normalized spacial score (nSPS) is 12.5. The zero-order valence-electron chi connectivity index (χ0n) is 12.3. The Morgan fingerprint density at radius 2 is 1.53 bits per heavy atom. The summed E-state index contributed by atoms with van der Waals surface area (Å²) in [6, 6.07) is 13.1. The Kier molecular flexibility index (Phi) is 4.06. The summed E-state index contributed by atoms with van der Waals surface area (Å²) < 4.78 is 0. The minimum absolute atomic E-state index is 0.0695. The Balaban J connectivity index is 2.26. The topological polar surface area (TPSA) is 26.0 Å². The molecule has 0 fully saturated rings. The van der Waals surface area contributed by atoms with Crippen molar-refractivity contribution in [3.8, 4) is 0 Å². The Hall–Kier alpha value is -1.60. The van der Waals surface area contributed by atoms with E-state index in [1.54, 1.807) is 0 Å². The molecule has 1 heteroatoms. The molecule has 0 aliphatic heterocycles. The van der Waals surface area contributed by atoms with Gasteiger partial charge in [0, 0.05) is 6.04 Å². The number of hydrogen-bond donors (Lipinski definition) is 1. The second-order valence-corrected chi connectivity index (χ2v) is 5.60. The van der Waals surface area contributed by atoms with E-state index in [0.717, 1.165) is 6.42 Å². The summed E-state index contributed by atoms with van der Waals surface area (Å²) >= 11 is 0. The highest BCUT2D eigenvalue weighted by Gasteiger charge is 2.11. The van der Waals surface area contributed by atoms with Crippen molar-refractivity contribution in [3.05, 3.63) is 69.8 Å². The highest BCUT2D eigenvalue weighted by molar-refractivity contribution is 5.39.